The predicted molar refractivity (Wildman–Crippen MR) is 127 cm³/mol. The molecule has 0 aromatic heterocycles. The Morgan fingerprint density at radius 3 is 2.56 bits per heavy atom. The topological polar surface area (TPSA) is 122 Å². The zero-order chi connectivity index (χ0) is 25.0. The van der Waals surface area contributed by atoms with E-state index in [1.165, 1.54) is 33.4 Å². The van der Waals surface area contributed by atoms with Crippen molar-refractivity contribution < 1.29 is 27.4 Å². The fourth-order valence-corrected chi connectivity index (χ4v) is 5.08. The number of nitrogens with one attached hydrogen (secondary N) is 1. The summed E-state index contributed by atoms with van der Waals surface area (Å²) in [6, 6.07) is 3.73. The highest BCUT2D eigenvalue weighted by atomic mass is 32.2. The van der Waals surface area contributed by atoms with Gasteiger partial charge in [-0.25, -0.2) is 13.4 Å². The number of hydrazone groups is 1. The van der Waals surface area contributed by atoms with Gasteiger partial charge in [0.2, 0.25) is 10.0 Å². The molecule has 0 aliphatic carbocycles. The van der Waals surface area contributed by atoms with E-state index >= 15 is 0 Å². The number of ether oxygens (including phenoxy) is 3. The molecule has 1 amide bonds. The van der Waals surface area contributed by atoms with Crippen molar-refractivity contribution in [1.29, 1.82) is 0 Å². The Labute approximate surface area is 200 Å². The van der Waals surface area contributed by atoms with E-state index in [1.54, 1.807) is 11.1 Å². The van der Waals surface area contributed by atoms with Crippen molar-refractivity contribution in [3.05, 3.63) is 23.8 Å². The number of amidine groups is 2. The van der Waals surface area contributed by atoms with Crippen molar-refractivity contribution in [2.24, 2.45) is 10.1 Å². The van der Waals surface area contributed by atoms with E-state index in [-0.39, 0.29) is 29.2 Å². The molecular formula is C22H33N5O6S. The molecule has 2 aliphatic heterocycles. The number of rotatable bonds is 11. The molecule has 0 spiro atoms. The van der Waals surface area contributed by atoms with Crippen molar-refractivity contribution in [3.8, 4) is 5.75 Å². The monoisotopic (exact) mass is 495 g/mol. The molecule has 0 saturated heterocycles. The summed E-state index contributed by atoms with van der Waals surface area (Å²) in [4.78, 5) is 17.6. The van der Waals surface area contributed by atoms with Gasteiger partial charge < -0.3 is 19.5 Å². The molecule has 1 aromatic carbocycles. The second kappa shape index (κ2) is 10.8. The van der Waals surface area contributed by atoms with E-state index in [1.807, 2.05) is 20.8 Å². The van der Waals surface area contributed by atoms with Gasteiger partial charge >= 0.3 is 0 Å². The normalized spacial score (nSPS) is 20.4. The number of aliphatic imine (C=N–C) groups is 1. The van der Waals surface area contributed by atoms with Gasteiger partial charge in [0, 0.05) is 27.7 Å². The Bertz CT molecular complexity index is 1070. The van der Waals surface area contributed by atoms with Crippen LogP contribution in [0.5, 0.6) is 5.75 Å². The van der Waals surface area contributed by atoms with Crippen LogP contribution >= 0.6 is 0 Å². The summed E-state index contributed by atoms with van der Waals surface area (Å²) >= 11 is 0. The van der Waals surface area contributed by atoms with Crippen LogP contribution in [0.2, 0.25) is 0 Å². The number of likely N-dealkylation sites (N-methyl/N-ethyl adjacent to an activating group) is 1. The lowest BCUT2D eigenvalue weighted by molar-refractivity contribution is -0.124. The summed E-state index contributed by atoms with van der Waals surface area (Å²) in [6.45, 7) is 6.09. The molecular weight excluding hydrogens is 462 g/mol. The van der Waals surface area contributed by atoms with Crippen molar-refractivity contribution in [1.82, 2.24) is 14.6 Å². The molecule has 2 aliphatic rings. The van der Waals surface area contributed by atoms with Gasteiger partial charge in [0.25, 0.3) is 5.91 Å². The summed E-state index contributed by atoms with van der Waals surface area (Å²) in [7, 11) is 0.432. The highest BCUT2D eigenvalue weighted by Crippen LogP contribution is 2.29. The first-order chi connectivity index (χ1) is 16.2. The zero-order valence-electron chi connectivity index (χ0n) is 20.4. The van der Waals surface area contributed by atoms with Crippen LogP contribution in [-0.4, -0.2) is 88.1 Å². The van der Waals surface area contributed by atoms with Gasteiger partial charge in [0.15, 0.2) is 18.2 Å². The van der Waals surface area contributed by atoms with Crippen LogP contribution in [0.1, 0.15) is 39.2 Å². The number of nitrogens with zero attached hydrogens (tertiary/aromatic N) is 4. The zero-order valence-corrected chi connectivity index (χ0v) is 21.3. The van der Waals surface area contributed by atoms with Crippen LogP contribution in [0.4, 0.5) is 0 Å². The lowest BCUT2D eigenvalue weighted by Gasteiger charge is -2.30. The number of carbonyl (C=O) groups is 1. The molecule has 3 rings (SSSR count). The summed E-state index contributed by atoms with van der Waals surface area (Å²) in [5.74, 6) is 1.12. The second-order valence-corrected chi connectivity index (χ2v) is 10.1. The molecule has 12 heteroatoms. The predicted octanol–water partition coefficient (Wildman–Crippen LogP) is 1.39. The van der Waals surface area contributed by atoms with E-state index in [9.17, 15) is 13.2 Å². The van der Waals surface area contributed by atoms with Gasteiger partial charge in [-0.1, -0.05) is 6.92 Å². The van der Waals surface area contributed by atoms with Gasteiger partial charge in [-0.3, -0.25) is 9.79 Å². The number of benzene rings is 1. The first kappa shape index (κ1) is 26.1. The maximum Gasteiger partial charge on any atom is 0.252 e. The van der Waals surface area contributed by atoms with E-state index < -0.39 is 22.4 Å². The van der Waals surface area contributed by atoms with Gasteiger partial charge in [0.1, 0.15) is 11.6 Å². The Hall–Kier alpha value is -2.54. The number of hydrogen-bond acceptors (Lipinski definition) is 9. The maximum absolute atomic E-state index is 13.2. The van der Waals surface area contributed by atoms with Crippen LogP contribution in [0.3, 0.4) is 0 Å². The standard InChI is InChI=1S/C22H33N5O6S/c1-7-9-18-23-14(3)20-22(28)24-21(25-27(18)20)16-12-15(10-11-17(16)33-8-2)34(29,30)26(4)13-19(31-5)32-6/h10-12,14,19-20H,7-9,13H2,1-6H3,(H,24,25,28). The summed E-state index contributed by atoms with van der Waals surface area (Å²) in [6.07, 6.45) is 0.826. The highest BCUT2D eigenvalue weighted by Gasteiger charge is 2.42. The SMILES string of the molecule is CCCC1=NC(C)C2C(=O)NC(c3cc(S(=O)(=O)N(C)CC(OC)OC)ccc3OCC)=NN12. The second-order valence-electron chi connectivity index (χ2n) is 8.04. The largest absolute Gasteiger partial charge is 0.493 e. The molecule has 188 valence electrons. The molecule has 11 nitrogen and oxygen atoms in total. The molecule has 0 radical (unpaired) electrons. The molecule has 0 fully saturated rings. The first-order valence-corrected chi connectivity index (χ1v) is 12.7. The summed E-state index contributed by atoms with van der Waals surface area (Å²) in [5.41, 5.74) is 0.369. The average molecular weight is 496 g/mol. The minimum Gasteiger partial charge on any atom is -0.493 e. The molecule has 2 unspecified atom stereocenters. The molecule has 1 aromatic rings. The number of sulfonamides is 1. The molecule has 2 atom stereocenters. The lowest BCUT2D eigenvalue weighted by atomic mass is 10.1. The number of fused-ring (bicyclic) bond motifs is 1. The van der Waals surface area contributed by atoms with E-state index in [2.05, 4.69) is 15.4 Å². The fourth-order valence-electron chi connectivity index (χ4n) is 3.90. The van der Waals surface area contributed by atoms with Gasteiger partial charge in [-0.2, -0.15) is 9.41 Å². The quantitative estimate of drug-likeness (QED) is 0.460. The first-order valence-electron chi connectivity index (χ1n) is 11.2. The Morgan fingerprint density at radius 1 is 1.24 bits per heavy atom. The number of hydrogen-bond donors (Lipinski definition) is 1. The molecule has 34 heavy (non-hydrogen) atoms. The fraction of sp³-hybridized carbons (Fsp3) is 0.591. The van der Waals surface area contributed by atoms with Gasteiger partial charge in [-0.05, 0) is 38.5 Å². The van der Waals surface area contributed by atoms with Gasteiger partial charge in [0.05, 0.1) is 29.7 Å². The smallest absolute Gasteiger partial charge is 0.252 e. The van der Waals surface area contributed by atoms with Crippen molar-refractivity contribution >= 4 is 27.6 Å². The molecule has 0 bridgehead atoms. The van der Waals surface area contributed by atoms with Crippen LogP contribution in [-0.2, 0) is 24.3 Å². The number of carbonyl (C=O) groups excluding carboxylic acids is 1. The van der Waals surface area contributed by atoms with Crippen molar-refractivity contribution in [2.75, 3.05) is 34.4 Å². The van der Waals surface area contributed by atoms with Crippen LogP contribution in [0, 0.1) is 0 Å². The number of methoxy groups -OCH3 is 2. The third-order valence-electron chi connectivity index (χ3n) is 5.68. The lowest BCUT2D eigenvalue weighted by Crippen LogP contribution is -2.54. The molecule has 0 saturated carbocycles. The Balaban J connectivity index is 2.03. The summed E-state index contributed by atoms with van der Waals surface area (Å²) in [5, 5.41) is 9.13. The van der Waals surface area contributed by atoms with Crippen LogP contribution in [0.25, 0.3) is 0 Å². The minimum absolute atomic E-state index is 0.000249. The van der Waals surface area contributed by atoms with Crippen LogP contribution in [0.15, 0.2) is 33.2 Å². The minimum atomic E-state index is -3.89. The van der Waals surface area contributed by atoms with E-state index in [4.69, 9.17) is 14.2 Å². The molecule has 2 heterocycles. The number of amides is 1. The Morgan fingerprint density at radius 2 is 1.94 bits per heavy atom. The third kappa shape index (κ3) is 5.09. The summed E-state index contributed by atoms with van der Waals surface area (Å²) < 4.78 is 43.6. The highest BCUT2D eigenvalue weighted by molar-refractivity contribution is 7.89. The molecule has 1 N–H and O–H groups in total. The van der Waals surface area contributed by atoms with Crippen LogP contribution < -0.4 is 10.1 Å². The maximum atomic E-state index is 13.2. The third-order valence-corrected chi connectivity index (χ3v) is 7.49. The van der Waals surface area contributed by atoms with Crippen molar-refractivity contribution in [3.63, 3.8) is 0 Å². The van der Waals surface area contributed by atoms with Crippen molar-refractivity contribution in [2.45, 2.75) is 56.9 Å². The van der Waals surface area contributed by atoms with Gasteiger partial charge in [-0.15, -0.1) is 0 Å². The van der Waals surface area contributed by atoms with E-state index in [0.717, 1.165) is 16.6 Å². The Kier molecular flexibility index (Phi) is 8.29. The average Bonchev–Trinajstić information content (AvgIpc) is 3.13. The van der Waals surface area contributed by atoms with E-state index in [0.29, 0.717) is 24.3 Å².